The summed E-state index contributed by atoms with van der Waals surface area (Å²) in [7, 11) is 0. The first-order valence-corrected chi connectivity index (χ1v) is 13.2. The molecular formula is C29H34N4O9. The average Bonchev–Trinajstić information content (AvgIpc) is 2.93. The molecule has 0 heterocycles. The molecule has 2 rings (SSSR count). The van der Waals surface area contributed by atoms with Crippen molar-refractivity contribution in [1.82, 2.24) is 0 Å². The maximum atomic E-state index is 12.1. The number of aryl methyl sites for hydroxylation is 2. The molecule has 0 aliphatic rings. The van der Waals surface area contributed by atoms with Gasteiger partial charge in [0.25, 0.3) is 0 Å². The van der Waals surface area contributed by atoms with E-state index in [9.17, 15) is 24.0 Å². The van der Waals surface area contributed by atoms with Gasteiger partial charge in [0, 0.05) is 24.2 Å². The molecule has 0 aliphatic heterocycles. The van der Waals surface area contributed by atoms with Crippen molar-refractivity contribution in [3.8, 4) is 0 Å². The summed E-state index contributed by atoms with van der Waals surface area (Å²) in [4.78, 5) is 74.3. The molecule has 0 spiro atoms. The number of isocyanates is 2. The van der Waals surface area contributed by atoms with Crippen molar-refractivity contribution >= 4 is 53.1 Å². The quantitative estimate of drug-likeness (QED) is 0.0810. The number of anilines is 2. The first kappa shape index (κ1) is 33.4. The number of rotatable bonds is 15. The average molecular weight is 583 g/mol. The summed E-state index contributed by atoms with van der Waals surface area (Å²) in [6, 6.07) is 9.77. The molecule has 0 saturated heterocycles. The molecule has 2 aromatic carbocycles. The predicted octanol–water partition coefficient (Wildman–Crippen LogP) is 6.24. The Kier molecular flexibility index (Phi) is 13.6. The number of nitrogens with one attached hydrogen (secondary N) is 2. The minimum Gasteiger partial charge on any atom is -0.449 e. The van der Waals surface area contributed by atoms with Gasteiger partial charge in [-0.1, -0.05) is 12.1 Å². The molecule has 13 heteroatoms. The SMILES string of the molecule is Cc1ccc(NC(=O)OCCCCCC(=O)OOC(C)(C)CCOC(=O)Nc2ccc(C)c(N=C=O)c2)cc1N=C=O. The second kappa shape index (κ2) is 17.1. The largest absolute Gasteiger partial charge is 0.449 e. The number of nitrogens with zero attached hydrogens (tertiary/aromatic N) is 2. The lowest BCUT2D eigenvalue weighted by Crippen LogP contribution is -2.29. The zero-order valence-electron chi connectivity index (χ0n) is 24.0. The van der Waals surface area contributed by atoms with Crippen molar-refractivity contribution in [2.75, 3.05) is 23.8 Å². The molecule has 2 N–H and O–H groups in total. The third-order valence-electron chi connectivity index (χ3n) is 5.80. The maximum absolute atomic E-state index is 12.1. The van der Waals surface area contributed by atoms with E-state index < -0.39 is 23.8 Å². The summed E-state index contributed by atoms with van der Waals surface area (Å²) in [5.41, 5.74) is 2.23. The third kappa shape index (κ3) is 12.6. The fourth-order valence-electron chi connectivity index (χ4n) is 3.37. The smallest absolute Gasteiger partial charge is 0.411 e. The summed E-state index contributed by atoms with van der Waals surface area (Å²) in [6.07, 6.45) is 3.58. The fourth-order valence-corrected chi connectivity index (χ4v) is 3.37. The van der Waals surface area contributed by atoms with Crippen LogP contribution in [0.5, 0.6) is 0 Å². The lowest BCUT2D eigenvalue weighted by molar-refractivity contribution is -0.327. The molecule has 0 unspecified atom stereocenters. The summed E-state index contributed by atoms with van der Waals surface area (Å²) in [5.74, 6) is -0.554. The van der Waals surface area contributed by atoms with Crippen molar-refractivity contribution in [1.29, 1.82) is 0 Å². The van der Waals surface area contributed by atoms with Gasteiger partial charge < -0.3 is 9.47 Å². The molecule has 0 saturated carbocycles. The second-order valence-corrected chi connectivity index (χ2v) is 9.79. The van der Waals surface area contributed by atoms with Gasteiger partial charge in [0.2, 0.25) is 12.2 Å². The van der Waals surface area contributed by atoms with Gasteiger partial charge in [0.05, 0.1) is 24.6 Å². The first-order chi connectivity index (χ1) is 20.0. The number of aliphatic imine (C=N–C) groups is 2. The topological polar surface area (TPSA) is 171 Å². The molecule has 0 aromatic heterocycles. The van der Waals surface area contributed by atoms with Crippen LogP contribution in [0.3, 0.4) is 0 Å². The Morgan fingerprint density at radius 3 is 1.83 bits per heavy atom. The Morgan fingerprint density at radius 1 is 0.786 bits per heavy atom. The van der Waals surface area contributed by atoms with Crippen molar-refractivity contribution in [3.63, 3.8) is 0 Å². The summed E-state index contributed by atoms with van der Waals surface area (Å²) < 4.78 is 10.3. The van der Waals surface area contributed by atoms with Crippen molar-refractivity contribution < 1.29 is 43.2 Å². The Balaban J connectivity index is 1.57. The second-order valence-electron chi connectivity index (χ2n) is 9.79. The Hall–Kier alpha value is -4.83. The number of amides is 2. The maximum Gasteiger partial charge on any atom is 0.411 e. The van der Waals surface area contributed by atoms with E-state index >= 15 is 0 Å². The van der Waals surface area contributed by atoms with Crippen LogP contribution in [0.2, 0.25) is 0 Å². The number of carbonyl (C=O) groups excluding carboxylic acids is 5. The van der Waals surface area contributed by atoms with Crippen LogP contribution in [0.15, 0.2) is 46.4 Å². The minimum atomic E-state index is -0.912. The third-order valence-corrected chi connectivity index (χ3v) is 5.80. The zero-order chi connectivity index (χ0) is 31.0. The van der Waals surface area contributed by atoms with Crippen LogP contribution < -0.4 is 10.6 Å². The number of hydrogen-bond donors (Lipinski definition) is 2. The van der Waals surface area contributed by atoms with Gasteiger partial charge in [-0.05, 0) is 82.3 Å². The van der Waals surface area contributed by atoms with E-state index in [0.717, 1.165) is 11.1 Å². The molecule has 2 amide bonds. The van der Waals surface area contributed by atoms with Crippen LogP contribution in [0.1, 0.15) is 57.1 Å². The van der Waals surface area contributed by atoms with Crippen LogP contribution >= 0.6 is 0 Å². The molecular weight excluding hydrogens is 548 g/mol. The highest BCUT2D eigenvalue weighted by atomic mass is 17.2. The van der Waals surface area contributed by atoms with Crippen molar-refractivity contribution in [3.05, 3.63) is 47.5 Å². The summed E-state index contributed by atoms with van der Waals surface area (Å²) >= 11 is 0. The molecule has 0 fully saturated rings. The summed E-state index contributed by atoms with van der Waals surface area (Å²) in [5, 5.41) is 5.10. The van der Waals surface area contributed by atoms with E-state index in [0.29, 0.717) is 42.0 Å². The van der Waals surface area contributed by atoms with Gasteiger partial charge in [-0.25, -0.2) is 24.0 Å². The van der Waals surface area contributed by atoms with E-state index in [4.69, 9.17) is 19.2 Å². The molecule has 0 aliphatic carbocycles. The van der Waals surface area contributed by atoms with Gasteiger partial charge >= 0.3 is 18.2 Å². The van der Waals surface area contributed by atoms with Crippen LogP contribution in [-0.4, -0.2) is 49.1 Å². The number of unbranched alkanes of at least 4 members (excludes halogenated alkanes) is 2. The molecule has 0 bridgehead atoms. The number of carbonyl (C=O) groups is 3. The monoisotopic (exact) mass is 582 g/mol. The molecule has 0 radical (unpaired) electrons. The van der Waals surface area contributed by atoms with E-state index in [-0.39, 0.29) is 26.1 Å². The van der Waals surface area contributed by atoms with Gasteiger partial charge in [0.15, 0.2) is 0 Å². The van der Waals surface area contributed by atoms with E-state index in [1.54, 1.807) is 52.0 Å². The minimum absolute atomic E-state index is 0.00702. The normalized spacial score (nSPS) is 10.5. The highest BCUT2D eigenvalue weighted by Crippen LogP contribution is 2.24. The predicted molar refractivity (Wildman–Crippen MR) is 152 cm³/mol. The Morgan fingerprint density at radius 2 is 1.31 bits per heavy atom. The Labute approximate surface area is 243 Å². The van der Waals surface area contributed by atoms with Crippen LogP contribution in [0.25, 0.3) is 0 Å². The van der Waals surface area contributed by atoms with E-state index in [1.165, 1.54) is 24.3 Å². The molecule has 0 atom stereocenters. The Bertz CT molecular complexity index is 1350. The summed E-state index contributed by atoms with van der Waals surface area (Å²) in [6.45, 7) is 7.05. The molecule has 13 nitrogen and oxygen atoms in total. The van der Waals surface area contributed by atoms with Gasteiger partial charge in [-0.15, -0.1) is 0 Å². The highest BCUT2D eigenvalue weighted by molar-refractivity contribution is 5.86. The van der Waals surface area contributed by atoms with Crippen LogP contribution in [0, 0.1) is 13.8 Å². The molecule has 42 heavy (non-hydrogen) atoms. The lowest BCUT2D eigenvalue weighted by Gasteiger charge is -2.22. The number of hydrogen-bond acceptors (Lipinski definition) is 11. The van der Waals surface area contributed by atoms with Gasteiger partial charge in [-0.2, -0.15) is 14.9 Å². The van der Waals surface area contributed by atoms with Crippen molar-refractivity contribution in [2.24, 2.45) is 9.98 Å². The highest BCUT2D eigenvalue weighted by Gasteiger charge is 2.23. The first-order valence-electron chi connectivity index (χ1n) is 13.2. The van der Waals surface area contributed by atoms with Gasteiger partial charge in [-0.3, -0.25) is 15.5 Å². The zero-order valence-corrected chi connectivity index (χ0v) is 24.0. The van der Waals surface area contributed by atoms with Crippen LogP contribution in [0.4, 0.5) is 32.3 Å². The lowest BCUT2D eigenvalue weighted by atomic mass is 10.1. The number of benzene rings is 2. The van der Waals surface area contributed by atoms with Gasteiger partial charge in [0.1, 0.15) is 5.60 Å². The molecule has 224 valence electrons. The standard InChI is InChI=1S/C29H34N4O9/c1-20-9-11-22(16-24(20)30-18-34)32-27(37)39-14-7-5-6-8-26(36)41-42-29(3,4)13-15-40-28(38)33-23-12-10-21(2)25(17-23)31-19-35/h9-12,16-17H,5-8,13-15H2,1-4H3,(H,32,37)(H,33,38). The van der Waals surface area contributed by atoms with E-state index in [1.807, 2.05) is 0 Å². The van der Waals surface area contributed by atoms with Crippen molar-refractivity contribution in [2.45, 2.75) is 65.4 Å². The van der Waals surface area contributed by atoms with E-state index in [2.05, 4.69) is 20.6 Å². The van der Waals surface area contributed by atoms with Crippen LogP contribution in [-0.2, 0) is 33.6 Å². The molecule has 2 aromatic rings. The fraction of sp³-hybridized carbons (Fsp3) is 0.414. The number of ether oxygens (including phenoxy) is 2.